The van der Waals surface area contributed by atoms with Crippen LogP contribution in [0.15, 0.2) is 61.5 Å². The van der Waals surface area contributed by atoms with Crippen LogP contribution in [0.2, 0.25) is 5.02 Å². The number of nitrogens with zero attached hydrogens (tertiary/aromatic N) is 1. The van der Waals surface area contributed by atoms with Crippen molar-refractivity contribution in [3.05, 3.63) is 53.1 Å². The number of benzene rings is 2. The summed E-state index contributed by atoms with van der Waals surface area (Å²) in [7, 11) is -3.85. The Morgan fingerprint density at radius 1 is 1.23 bits per heavy atom. The number of amides is 1. The molecule has 0 aliphatic heterocycles. The van der Waals surface area contributed by atoms with Crippen LogP contribution in [-0.2, 0) is 14.6 Å². The topological polar surface area (TPSA) is 111 Å². The number of aryl methyl sites for hydroxylation is 1. The Labute approximate surface area is 218 Å². The van der Waals surface area contributed by atoms with Crippen molar-refractivity contribution < 1.29 is 17.9 Å². The maximum atomic E-state index is 13.6. The molecule has 0 aliphatic carbocycles. The second-order valence-corrected chi connectivity index (χ2v) is 13.0. The van der Waals surface area contributed by atoms with E-state index in [0.717, 1.165) is 11.1 Å². The van der Waals surface area contributed by atoms with Gasteiger partial charge in [0, 0.05) is 16.3 Å². The van der Waals surface area contributed by atoms with Gasteiger partial charge in [-0.3, -0.25) is 5.32 Å². The number of rotatable bonds is 6. The van der Waals surface area contributed by atoms with Gasteiger partial charge in [-0.1, -0.05) is 23.7 Å². The zero-order valence-corrected chi connectivity index (χ0v) is 23.1. The molecular formula is C24H26ClN3O4S3. The van der Waals surface area contributed by atoms with Crippen LogP contribution in [0.5, 0.6) is 0 Å². The highest BCUT2D eigenvalue weighted by Crippen LogP contribution is 2.41. The Morgan fingerprint density at radius 2 is 1.94 bits per heavy atom. The van der Waals surface area contributed by atoms with Crippen LogP contribution in [-0.4, -0.2) is 32.7 Å². The quantitative estimate of drug-likeness (QED) is 0.153. The van der Waals surface area contributed by atoms with Gasteiger partial charge in [0.15, 0.2) is 0 Å². The van der Waals surface area contributed by atoms with Crippen LogP contribution in [0.3, 0.4) is 0 Å². The number of carbonyl (C=O) groups is 1. The van der Waals surface area contributed by atoms with E-state index in [0.29, 0.717) is 25.5 Å². The molecule has 0 saturated carbocycles. The lowest BCUT2D eigenvalue weighted by atomic mass is 9.99. The molecule has 3 aromatic rings. The molecule has 7 nitrogen and oxygen atoms in total. The molecule has 186 valence electrons. The maximum Gasteiger partial charge on any atom is 0.412 e. The van der Waals surface area contributed by atoms with Crippen LogP contribution in [0.1, 0.15) is 26.3 Å². The van der Waals surface area contributed by atoms with E-state index in [2.05, 4.69) is 10.3 Å². The summed E-state index contributed by atoms with van der Waals surface area (Å²) in [6.45, 7) is 7.13. The van der Waals surface area contributed by atoms with Crippen LogP contribution >= 0.6 is 34.7 Å². The second kappa shape index (κ2) is 10.6. The zero-order chi connectivity index (χ0) is 26.0. The highest BCUT2D eigenvalue weighted by molar-refractivity contribution is 8.01. The van der Waals surface area contributed by atoms with Crippen LogP contribution in [0, 0.1) is 6.92 Å². The minimum absolute atomic E-state index is 0.138. The number of aliphatic imine (C=N–C) groups is 1. The Hall–Kier alpha value is -2.53. The smallest absolute Gasteiger partial charge is 0.412 e. The fraction of sp³-hybridized carbons (Fsp3) is 0.250. The maximum absolute atomic E-state index is 13.6. The second-order valence-electron chi connectivity index (χ2n) is 8.56. The Balaban J connectivity index is 1.93. The van der Waals surface area contributed by atoms with Gasteiger partial charge in [-0.25, -0.2) is 18.2 Å². The van der Waals surface area contributed by atoms with E-state index in [4.69, 9.17) is 22.1 Å². The number of hydrogen-bond donors (Lipinski definition) is 2. The van der Waals surface area contributed by atoms with Gasteiger partial charge in [-0.15, -0.1) is 23.1 Å². The molecule has 1 amide bonds. The molecule has 1 heterocycles. The van der Waals surface area contributed by atoms with E-state index in [-0.39, 0.29) is 9.79 Å². The molecule has 2 aromatic carbocycles. The first-order valence-electron chi connectivity index (χ1n) is 10.4. The number of carbonyl (C=O) groups excluding carboxylic acids is 1. The third kappa shape index (κ3) is 6.58. The van der Waals surface area contributed by atoms with Crippen LogP contribution < -0.4 is 11.1 Å². The molecule has 0 unspecified atom stereocenters. The van der Waals surface area contributed by atoms with Crippen molar-refractivity contribution >= 4 is 67.7 Å². The van der Waals surface area contributed by atoms with Gasteiger partial charge in [-0.05, 0) is 75.4 Å². The first-order chi connectivity index (χ1) is 16.3. The lowest BCUT2D eigenvalue weighted by Crippen LogP contribution is -2.31. The van der Waals surface area contributed by atoms with Crippen molar-refractivity contribution in [1.29, 1.82) is 0 Å². The molecule has 1 aromatic heterocycles. The highest BCUT2D eigenvalue weighted by atomic mass is 35.5. The molecule has 35 heavy (non-hydrogen) atoms. The number of thioether (sulfide) groups is 1. The lowest BCUT2D eigenvalue weighted by molar-refractivity contribution is 0.0565. The van der Waals surface area contributed by atoms with Gasteiger partial charge in [0.25, 0.3) is 0 Å². The number of anilines is 1. The van der Waals surface area contributed by atoms with Gasteiger partial charge in [0.05, 0.1) is 20.3 Å². The summed E-state index contributed by atoms with van der Waals surface area (Å²) in [5.74, 6) is 0. The molecule has 3 rings (SSSR count). The summed E-state index contributed by atoms with van der Waals surface area (Å²) < 4.78 is 32.9. The predicted molar refractivity (Wildman–Crippen MR) is 145 cm³/mol. The van der Waals surface area contributed by atoms with Gasteiger partial charge in [0.2, 0.25) is 9.84 Å². The van der Waals surface area contributed by atoms with E-state index in [1.807, 2.05) is 13.0 Å². The number of nitrogens with two attached hydrogens (primary N) is 1. The van der Waals surface area contributed by atoms with Crippen molar-refractivity contribution in [2.24, 2.45) is 4.99 Å². The summed E-state index contributed by atoms with van der Waals surface area (Å²) in [6, 6.07) is 11.6. The Kier molecular flexibility index (Phi) is 8.21. The fourth-order valence-electron chi connectivity index (χ4n) is 3.30. The molecule has 0 saturated heterocycles. The molecule has 0 bridgehead atoms. The summed E-state index contributed by atoms with van der Waals surface area (Å²) in [5, 5.41) is 3.37. The highest BCUT2D eigenvalue weighted by Gasteiger charge is 2.25. The molecule has 11 heteroatoms. The van der Waals surface area contributed by atoms with Crippen LogP contribution in [0.25, 0.3) is 11.1 Å². The van der Waals surface area contributed by atoms with E-state index in [1.165, 1.54) is 35.5 Å². The average Bonchev–Trinajstić information content (AvgIpc) is 3.16. The van der Waals surface area contributed by atoms with Gasteiger partial charge in [-0.2, -0.15) is 0 Å². The monoisotopic (exact) mass is 551 g/mol. The lowest BCUT2D eigenvalue weighted by Gasteiger charge is -2.18. The molecular weight excluding hydrogens is 526 g/mol. The largest absolute Gasteiger partial charge is 0.444 e. The normalized spacial score (nSPS) is 12.2. The van der Waals surface area contributed by atoms with Crippen molar-refractivity contribution in [3.8, 4) is 11.1 Å². The van der Waals surface area contributed by atoms with Gasteiger partial charge in [0.1, 0.15) is 10.6 Å². The van der Waals surface area contributed by atoms with E-state index in [1.54, 1.807) is 57.4 Å². The average molecular weight is 552 g/mol. The Bertz CT molecular complexity index is 1370. The number of nitrogens with one attached hydrogen (secondary N) is 1. The molecule has 0 atom stereocenters. The number of alkyl carbamates (subject to hydrolysis) is 1. The van der Waals surface area contributed by atoms with Crippen molar-refractivity contribution in [2.75, 3.05) is 12.0 Å². The fourth-order valence-corrected chi connectivity index (χ4v) is 7.45. The minimum Gasteiger partial charge on any atom is -0.444 e. The minimum atomic E-state index is -3.85. The number of nitrogen functional groups attached to an aromatic ring is 1. The zero-order valence-electron chi connectivity index (χ0n) is 19.9. The number of halogens is 1. The molecule has 3 N–H and O–H groups in total. The molecule has 0 aliphatic rings. The molecule has 0 fully saturated rings. The third-order valence-corrected chi connectivity index (χ3v) is 9.10. The first kappa shape index (κ1) is 27.1. The third-order valence-electron chi connectivity index (χ3n) is 4.66. The number of thiophene rings is 1. The first-order valence-corrected chi connectivity index (χ1v) is 14.3. The predicted octanol–water partition coefficient (Wildman–Crippen LogP) is 6.70. The van der Waals surface area contributed by atoms with Crippen molar-refractivity contribution in [2.45, 2.75) is 47.3 Å². The Morgan fingerprint density at radius 3 is 2.57 bits per heavy atom. The van der Waals surface area contributed by atoms with Gasteiger partial charge >= 0.3 is 6.09 Å². The van der Waals surface area contributed by atoms with E-state index >= 15 is 0 Å². The number of ether oxygens (including phenoxy) is 1. The van der Waals surface area contributed by atoms with Gasteiger partial charge < -0.3 is 10.5 Å². The van der Waals surface area contributed by atoms with Crippen LogP contribution in [0.4, 0.5) is 15.5 Å². The summed E-state index contributed by atoms with van der Waals surface area (Å²) in [6.07, 6.45) is 2.34. The standard InChI is InChI=1S/C24H26ClN3O4S3/c1-14-9-16(25)11-18(26)21(14)15-7-6-8-17(10-15)35(30,31)19-12-20(34-22(19)33-5)27-13-28-23(29)32-24(2,3)4/h6-13H,26H2,1-5H3,(H,27,28,29). The van der Waals surface area contributed by atoms with E-state index in [9.17, 15) is 13.2 Å². The van der Waals surface area contributed by atoms with E-state index < -0.39 is 21.5 Å². The molecule has 0 spiro atoms. The number of hydrogen-bond acceptors (Lipinski definition) is 8. The van der Waals surface area contributed by atoms with Crippen molar-refractivity contribution in [1.82, 2.24) is 5.32 Å². The summed E-state index contributed by atoms with van der Waals surface area (Å²) in [5.41, 5.74) is 8.28. The summed E-state index contributed by atoms with van der Waals surface area (Å²) >= 11 is 8.62. The SMILES string of the molecule is CSc1sc(N=CNC(=O)OC(C)(C)C)cc1S(=O)(=O)c1cccc(-c2c(C)cc(Cl)cc2N)c1. The van der Waals surface area contributed by atoms with Crippen molar-refractivity contribution in [3.63, 3.8) is 0 Å². The number of sulfone groups is 1. The molecule has 0 radical (unpaired) electrons. The summed E-state index contributed by atoms with van der Waals surface area (Å²) in [4.78, 5) is 16.3.